The minimum atomic E-state index is -0.119. The highest BCUT2D eigenvalue weighted by Crippen LogP contribution is 2.08. The summed E-state index contributed by atoms with van der Waals surface area (Å²) in [5.41, 5.74) is 6.76. The normalized spacial score (nSPS) is 10.6. The van der Waals surface area contributed by atoms with Crippen molar-refractivity contribution < 1.29 is 14.3 Å². The maximum atomic E-state index is 11.8. The number of aromatic nitrogens is 1. The third kappa shape index (κ3) is 4.77. The number of hydrogen-bond acceptors (Lipinski definition) is 4. The number of nitrogen functional groups attached to an aromatic ring is 1. The Hall–Kier alpha value is -1.53. The molecule has 18 heavy (non-hydrogen) atoms. The monoisotopic (exact) mass is 255 g/mol. The van der Waals surface area contributed by atoms with Gasteiger partial charge in [0.25, 0.3) is 5.91 Å². The Labute approximate surface area is 107 Å². The van der Waals surface area contributed by atoms with Gasteiger partial charge >= 0.3 is 0 Å². The largest absolute Gasteiger partial charge is 0.397 e. The smallest absolute Gasteiger partial charge is 0.267 e. The highest BCUT2D eigenvalue weighted by atomic mass is 16.5. The first-order valence-corrected chi connectivity index (χ1v) is 5.92. The number of ether oxygens (including phenoxy) is 2. The molecule has 6 heteroatoms. The molecule has 0 unspecified atom stereocenters. The van der Waals surface area contributed by atoms with Crippen molar-refractivity contribution in [1.82, 2.24) is 9.88 Å². The van der Waals surface area contributed by atoms with Crippen LogP contribution in [0.1, 0.15) is 16.9 Å². The number of nitrogens with zero attached hydrogens (tertiary/aromatic N) is 1. The van der Waals surface area contributed by atoms with Gasteiger partial charge in [-0.15, -0.1) is 0 Å². The van der Waals surface area contributed by atoms with Crippen LogP contribution in [0.25, 0.3) is 0 Å². The lowest BCUT2D eigenvalue weighted by molar-refractivity contribution is 0.0688. The minimum Gasteiger partial charge on any atom is -0.397 e. The maximum absolute atomic E-state index is 11.8. The predicted octanol–water partition coefficient (Wildman–Crippen LogP) is 0.390. The van der Waals surface area contributed by atoms with E-state index in [1.54, 1.807) is 31.0 Å². The highest BCUT2D eigenvalue weighted by molar-refractivity contribution is 5.93. The van der Waals surface area contributed by atoms with Gasteiger partial charge in [0.2, 0.25) is 0 Å². The van der Waals surface area contributed by atoms with Gasteiger partial charge in [-0.05, 0) is 12.5 Å². The van der Waals surface area contributed by atoms with E-state index in [0.717, 1.165) is 6.42 Å². The fraction of sp³-hybridized carbons (Fsp3) is 0.583. The molecule has 0 spiro atoms. The summed E-state index contributed by atoms with van der Waals surface area (Å²) in [6, 6.07) is 1.66. The lowest BCUT2D eigenvalue weighted by Gasteiger charge is -2.06. The molecule has 0 aliphatic heterocycles. The van der Waals surface area contributed by atoms with Crippen molar-refractivity contribution in [3.05, 3.63) is 18.0 Å². The standard InChI is InChI=1S/C12H21N3O3/c1-15-9-10(13)8-11(15)12(16)14-4-3-5-18-7-6-17-2/h8-9H,3-7,13H2,1-2H3,(H,14,16). The quantitative estimate of drug-likeness (QED) is 0.659. The summed E-state index contributed by atoms with van der Waals surface area (Å²) < 4.78 is 11.8. The highest BCUT2D eigenvalue weighted by Gasteiger charge is 2.09. The second-order valence-corrected chi connectivity index (χ2v) is 3.98. The molecule has 1 heterocycles. The number of rotatable bonds is 8. The molecule has 0 atom stereocenters. The summed E-state index contributed by atoms with van der Waals surface area (Å²) >= 11 is 0. The number of carbonyl (C=O) groups is 1. The molecule has 0 bridgehead atoms. The predicted molar refractivity (Wildman–Crippen MR) is 69.5 cm³/mol. The van der Waals surface area contributed by atoms with E-state index in [4.69, 9.17) is 15.2 Å². The molecule has 1 aromatic rings. The van der Waals surface area contributed by atoms with Crippen LogP contribution in [0.5, 0.6) is 0 Å². The number of carbonyl (C=O) groups excluding carboxylic acids is 1. The number of hydrogen-bond donors (Lipinski definition) is 2. The third-order valence-electron chi connectivity index (χ3n) is 2.44. The number of nitrogens with two attached hydrogens (primary N) is 1. The first-order chi connectivity index (χ1) is 8.65. The van der Waals surface area contributed by atoms with Crippen LogP contribution in [0.3, 0.4) is 0 Å². The molecule has 1 amide bonds. The van der Waals surface area contributed by atoms with Crippen LogP contribution in [0, 0.1) is 0 Å². The van der Waals surface area contributed by atoms with Gasteiger partial charge in [0, 0.05) is 33.5 Å². The molecule has 0 aliphatic rings. The lowest BCUT2D eigenvalue weighted by atomic mass is 10.3. The van der Waals surface area contributed by atoms with Gasteiger partial charge in [-0.2, -0.15) is 0 Å². The second-order valence-electron chi connectivity index (χ2n) is 3.98. The molecule has 6 nitrogen and oxygen atoms in total. The lowest BCUT2D eigenvalue weighted by Crippen LogP contribution is -2.27. The Morgan fingerprint density at radius 3 is 2.83 bits per heavy atom. The molecule has 3 N–H and O–H groups in total. The molecule has 1 aromatic heterocycles. The van der Waals surface area contributed by atoms with E-state index >= 15 is 0 Å². The van der Waals surface area contributed by atoms with Crippen LogP contribution in [0.2, 0.25) is 0 Å². The second kappa shape index (κ2) is 7.73. The van der Waals surface area contributed by atoms with Crippen LogP contribution in [-0.2, 0) is 16.5 Å². The van der Waals surface area contributed by atoms with E-state index in [-0.39, 0.29) is 5.91 Å². The number of methoxy groups -OCH3 is 1. The van der Waals surface area contributed by atoms with E-state index in [0.29, 0.717) is 37.7 Å². The van der Waals surface area contributed by atoms with Crippen molar-refractivity contribution in [3.63, 3.8) is 0 Å². The zero-order chi connectivity index (χ0) is 13.4. The molecular formula is C12H21N3O3. The SMILES string of the molecule is COCCOCCCNC(=O)c1cc(N)cn1C. The van der Waals surface area contributed by atoms with E-state index in [1.165, 1.54) is 0 Å². The van der Waals surface area contributed by atoms with Crippen molar-refractivity contribution in [2.24, 2.45) is 7.05 Å². The Bertz CT molecular complexity index is 377. The van der Waals surface area contributed by atoms with E-state index in [2.05, 4.69) is 5.32 Å². The van der Waals surface area contributed by atoms with Gasteiger partial charge in [0.1, 0.15) is 5.69 Å². The van der Waals surface area contributed by atoms with E-state index < -0.39 is 0 Å². The van der Waals surface area contributed by atoms with Crippen LogP contribution in [0.15, 0.2) is 12.3 Å². The van der Waals surface area contributed by atoms with Crippen LogP contribution >= 0.6 is 0 Å². The summed E-state index contributed by atoms with van der Waals surface area (Å²) in [7, 11) is 3.42. The number of aryl methyl sites for hydroxylation is 1. The molecule has 1 rings (SSSR count). The van der Waals surface area contributed by atoms with Crippen molar-refractivity contribution in [2.75, 3.05) is 39.2 Å². The molecular weight excluding hydrogens is 234 g/mol. The number of anilines is 1. The zero-order valence-corrected chi connectivity index (χ0v) is 10.9. The fourth-order valence-electron chi connectivity index (χ4n) is 1.53. The van der Waals surface area contributed by atoms with E-state index in [9.17, 15) is 4.79 Å². The summed E-state index contributed by atoms with van der Waals surface area (Å²) in [5, 5.41) is 2.82. The summed E-state index contributed by atoms with van der Waals surface area (Å²) in [5.74, 6) is -0.119. The Morgan fingerprint density at radius 2 is 2.22 bits per heavy atom. The summed E-state index contributed by atoms with van der Waals surface area (Å²) in [4.78, 5) is 11.8. The molecule has 0 fully saturated rings. The van der Waals surface area contributed by atoms with E-state index in [1.807, 2.05) is 0 Å². The van der Waals surface area contributed by atoms with Crippen LogP contribution in [0.4, 0.5) is 5.69 Å². The van der Waals surface area contributed by atoms with Crippen molar-refractivity contribution in [2.45, 2.75) is 6.42 Å². The first-order valence-electron chi connectivity index (χ1n) is 5.92. The number of nitrogens with one attached hydrogen (secondary N) is 1. The van der Waals surface area contributed by atoms with Gasteiger partial charge < -0.3 is 25.1 Å². The Kier molecular flexibility index (Phi) is 6.24. The fourth-order valence-corrected chi connectivity index (χ4v) is 1.53. The average Bonchev–Trinajstić information content (AvgIpc) is 2.67. The van der Waals surface area contributed by atoms with Crippen LogP contribution in [-0.4, -0.2) is 43.9 Å². The molecule has 0 aromatic carbocycles. The molecule has 0 saturated heterocycles. The first kappa shape index (κ1) is 14.5. The van der Waals surface area contributed by atoms with Gasteiger partial charge in [0.05, 0.1) is 18.9 Å². The van der Waals surface area contributed by atoms with Crippen LogP contribution < -0.4 is 11.1 Å². The molecule has 102 valence electrons. The van der Waals surface area contributed by atoms with Gasteiger partial charge in [-0.25, -0.2) is 0 Å². The minimum absolute atomic E-state index is 0.119. The summed E-state index contributed by atoms with van der Waals surface area (Å²) in [6.07, 6.45) is 2.48. The average molecular weight is 255 g/mol. The van der Waals surface area contributed by atoms with Crippen molar-refractivity contribution in [3.8, 4) is 0 Å². The molecule has 0 saturated carbocycles. The molecule has 0 aliphatic carbocycles. The number of amides is 1. The van der Waals surface area contributed by atoms with Crippen molar-refractivity contribution in [1.29, 1.82) is 0 Å². The van der Waals surface area contributed by atoms with Crippen molar-refractivity contribution >= 4 is 11.6 Å². The van der Waals surface area contributed by atoms with Gasteiger partial charge in [-0.1, -0.05) is 0 Å². The Morgan fingerprint density at radius 1 is 1.44 bits per heavy atom. The van der Waals surface area contributed by atoms with Gasteiger partial charge in [-0.3, -0.25) is 4.79 Å². The maximum Gasteiger partial charge on any atom is 0.267 e. The van der Waals surface area contributed by atoms with Gasteiger partial charge in [0.15, 0.2) is 0 Å². The summed E-state index contributed by atoms with van der Waals surface area (Å²) in [6.45, 7) is 2.36. The third-order valence-corrected chi connectivity index (χ3v) is 2.44. The Balaban J connectivity index is 2.16. The topological polar surface area (TPSA) is 78.5 Å². The zero-order valence-electron chi connectivity index (χ0n) is 10.9. The molecule has 0 radical (unpaired) electrons.